The maximum absolute atomic E-state index is 14.1. The average Bonchev–Trinajstić information content (AvgIpc) is 3.13. The van der Waals surface area contributed by atoms with Crippen LogP contribution in [0, 0.1) is 0 Å². The van der Waals surface area contributed by atoms with Gasteiger partial charge in [0.2, 0.25) is 5.91 Å². The van der Waals surface area contributed by atoms with Crippen molar-refractivity contribution < 1.29 is 24.2 Å². The maximum atomic E-state index is 14.1. The quantitative estimate of drug-likeness (QED) is 0.0998. The molecule has 0 aromatic heterocycles. The van der Waals surface area contributed by atoms with Gasteiger partial charge in [-0.25, -0.2) is 0 Å². The van der Waals surface area contributed by atoms with Crippen LogP contribution in [0.2, 0.25) is 0 Å². The Kier molecular flexibility index (Phi) is 10.4. The smallest absolute Gasteiger partial charge is 0.272 e. The van der Waals surface area contributed by atoms with Gasteiger partial charge in [-0.2, -0.15) is 0 Å². The number of anilines is 3. The normalized spacial score (nSPS) is 12.7. The van der Waals surface area contributed by atoms with Crippen molar-refractivity contribution >= 4 is 64.4 Å². The number of thioether (sulfide) groups is 1. The first-order valence-electron chi connectivity index (χ1n) is 15.6. The fraction of sp³-hybridized carbons (Fsp3) is 0.103. The van der Waals surface area contributed by atoms with Crippen LogP contribution in [0.15, 0.2) is 142 Å². The van der Waals surface area contributed by atoms with Crippen molar-refractivity contribution in [1.82, 2.24) is 5.32 Å². The molecule has 1 aliphatic rings. The molecule has 0 bridgehead atoms. The van der Waals surface area contributed by atoms with E-state index in [1.54, 1.807) is 60.3 Å². The highest BCUT2D eigenvalue weighted by Crippen LogP contribution is 2.49. The number of phenols is 1. The van der Waals surface area contributed by atoms with E-state index < -0.39 is 11.8 Å². The highest BCUT2D eigenvalue weighted by atomic mass is 32.2. The summed E-state index contributed by atoms with van der Waals surface area (Å²) < 4.78 is 5.38. The SMILES string of the molecule is CCC(Sc1ccc(NC(=O)/C(=C/c2ccc(O)cc2OC)NC(=O)c2ccccc2)cc1)C(=O)N1c2ccccc2Sc2ccccc21. The second-order valence-electron chi connectivity index (χ2n) is 11.0. The van der Waals surface area contributed by atoms with E-state index in [0.29, 0.717) is 29.0 Å². The topological polar surface area (TPSA) is 108 Å². The summed E-state index contributed by atoms with van der Waals surface area (Å²) in [5, 5.41) is 15.1. The Bertz CT molecular complexity index is 1990. The number of fused-ring (bicyclic) bond motifs is 2. The number of nitrogens with zero attached hydrogens (tertiary/aromatic N) is 1. The molecule has 1 heterocycles. The zero-order chi connectivity index (χ0) is 34.3. The monoisotopic (exact) mass is 687 g/mol. The van der Waals surface area contributed by atoms with E-state index in [1.165, 1.54) is 37.1 Å². The number of benzene rings is 5. The van der Waals surface area contributed by atoms with Crippen molar-refractivity contribution in [1.29, 1.82) is 0 Å². The largest absolute Gasteiger partial charge is 0.508 e. The van der Waals surface area contributed by atoms with Gasteiger partial charge in [0.25, 0.3) is 11.8 Å². The molecule has 246 valence electrons. The zero-order valence-electron chi connectivity index (χ0n) is 26.8. The van der Waals surface area contributed by atoms with Crippen LogP contribution in [0.1, 0.15) is 29.3 Å². The first-order chi connectivity index (χ1) is 23.8. The Labute approximate surface area is 293 Å². The molecule has 5 aromatic carbocycles. The summed E-state index contributed by atoms with van der Waals surface area (Å²) in [5.74, 6) is -0.682. The summed E-state index contributed by atoms with van der Waals surface area (Å²) in [7, 11) is 1.45. The molecule has 0 aliphatic carbocycles. The standard InChI is InChI=1S/C39H33N3O5S2/c1-3-34(39(46)42-31-13-7-9-15-35(31)49-36-16-10-8-14-32(36)42)48-29-21-18-27(19-22-29)40-38(45)30(41-37(44)25-11-5-4-6-12-25)23-26-17-20-28(43)24-33(26)47-2/h4-24,34,43H,3H2,1-2H3,(H,40,45)(H,41,44)/b30-23-. The van der Waals surface area contributed by atoms with E-state index in [0.717, 1.165) is 26.1 Å². The fourth-order valence-electron chi connectivity index (χ4n) is 5.29. The van der Waals surface area contributed by atoms with Crippen LogP contribution in [-0.4, -0.2) is 35.2 Å². The van der Waals surface area contributed by atoms with Crippen LogP contribution >= 0.6 is 23.5 Å². The number of hydrogen-bond acceptors (Lipinski definition) is 7. The minimum atomic E-state index is -0.554. The van der Waals surface area contributed by atoms with Gasteiger partial charge in [0.15, 0.2) is 0 Å². The van der Waals surface area contributed by atoms with E-state index >= 15 is 0 Å². The van der Waals surface area contributed by atoms with E-state index in [1.807, 2.05) is 72.5 Å². The lowest BCUT2D eigenvalue weighted by atomic mass is 10.1. The second-order valence-corrected chi connectivity index (χ2v) is 13.4. The summed E-state index contributed by atoms with van der Waals surface area (Å²) in [6.45, 7) is 2.00. The molecule has 10 heteroatoms. The van der Waals surface area contributed by atoms with Gasteiger partial charge in [-0.1, -0.05) is 61.2 Å². The number of carbonyl (C=O) groups is 3. The van der Waals surface area contributed by atoms with Gasteiger partial charge in [0, 0.05) is 37.6 Å². The fourth-order valence-corrected chi connectivity index (χ4v) is 7.34. The number of ether oxygens (including phenoxy) is 1. The van der Waals surface area contributed by atoms with Gasteiger partial charge in [-0.15, -0.1) is 11.8 Å². The molecule has 0 saturated heterocycles. The Morgan fingerprint density at radius 2 is 1.49 bits per heavy atom. The molecule has 0 fully saturated rings. The van der Waals surface area contributed by atoms with Gasteiger partial charge in [-0.3, -0.25) is 19.3 Å². The zero-order valence-corrected chi connectivity index (χ0v) is 28.4. The van der Waals surface area contributed by atoms with E-state index in [-0.39, 0.29) is 22.6 Å². The lowest BCUT2D eigenvalue weighted by Crippen LogP contribution is -2.35. The summed E-state index contributed by atoms with van der Waals surface area (Å²) in [5.41, 5.74) is 3.10. The Morgan fingerprint density at radius 1 is 0.857 bits per heavy atom. The second kappa shape index (κ2) is 15.2. The van der Waals surface area contributed by atoms with Crippen LogP contribution in [0.3, 0.4) is 0 Å². The van der Waals surface area contributed by atoms with Crippen molar-refractivity contribution in [3.8, 4) is 11.5 Å². The molecule has 1 atom stereocenters. The van der Waals surface area contributed by atoms with Gasteiger partial charge in [0.05, 0.1) is 23.7 Å². The first-order valence-corrected chi connectivity index (χ1v) is 17.3. The molecule has 1 unspecified atom stereocenters. The third-order valence-electron chi connectivity index (χ3n) is 7.74. The van der Waals surface area contributed by atoms with Gasteiger partial charge in [-0.05, 0) is 85.3 Å². The van der Waals surface area contributed by atoms with E-state index in [9.17, 15) is 19.5 Å². The number of carbonyl (C=O) groups excluding carboxylic acids is 3. The Morgan fingerprint density at radius 3 is 2.12 bits per heavy atom. The van der Waals surface area contributed by atoms with Crippen molar-refractivity contribution in [3.63, 3.8) is 0 Å². The van der Waals surface area contributed by atoms with Crippen LogP contribution in [-0.2, 0) is 9.59 Å². The first kappa shape index (κ1) is 33.5. The van der Waals surface area contributed by atoms with Gasteiger partial charge >= 0.3 is 0 Å². The van der Waals surface area contributed by atoms with Crippen molar-refractivity contribution in [2.75, 3.05) is 17.3 Å². The minimum absolute atomic E-state index is 0.00123. The summed E-state index contributed by atoms with van der Waals surface area (Å²) in [6.07, 6.45) is 2.11. The van der Waals surface area contributed by atoms with Gasteiger partial charge in [0.1, 0.15) is 17.2 Å². The van der Waals surface area contributed by atoms with Crippen molar-refractivity contribution in [2.45, 2.75) is 33.3 Å². The molecule has 5 aromatic rings. The van der Waals surface area contributed by atoms with Crippen LogP contribution in [0.5, 0.6) is 11.5 Å². The highest BCUT2D eigenvalue weighted by Gasteiger charge is 2.32. The number of rotatable bonds is 10. The van der Waals surface area contributed by atoms with Gasteiger partial charge < -0.3 is 20.5 Å². The van der Waals surface area contributed by atoms with E-state index in [2.05, 4.69) is 10.6 Å². The lowest BCUT2D eigenvalue weighted by Gasteiger charge is -2.33. The summed E-state index contributed by atoms with van der Waals surface area (Å²) in [4.78, 5) is 45.5. The predicted molar refractivity (Wildman–Crippen MR) is 196 cm³/mol. The Hall–Kier alpha value is -5.45. The molecule has 3 N–H and O–H groups in total. The molecular weight excluding hydrogens is 655 g/mol. The summed E-state index contributed by atoms with van der Waals surface area (Å²) in [6, 6.07) is 36.2. The van der Waals surface area contributed by atoms with Crippen LogP contribution in [0.4, 0.5) is 17.1 Å². The number of hydrogen-bond donors (Lipinski definition) is 3. The van der Waals surface area contributed by atoms with Crippen molar-refractivity contribution in [3.05, 3.63) is 138 Å². The third-order valence-corrected chi connectivity index (χ3v) is 10.2. The molecule has 3 amide bonds. The highest BCUT2D eigenvalue weighted by molar-refractivity contribution is 8.00. The maximum Gasteiger partial charge on any atom is 0.272 e. The molecule has 0 saturated carbocycles. The molecule has 0 radical (unpaired) electrons. The molecule has 0 spiro atoms. The number of amides is 3. The lowest BCUT2D eigenvalue weighted by molar-refractivity contribution is -0.117. The number of methoxy groups -OCH3 is 1. The number of aromatic hydroxyl groups is 1. The average molecular weight is 688 g/mol. The molecule has 49 heavy (non-hydrogen) atoms. The molecular formula is C39H33N3O5S2. The van der Waals surface area contributed by atoms with Crippen LogP contribution in [0.25, 0.3) is 6.08 Å². The van der Waals surface area contributed by atoms with Crippen molar-refractivity contribution in [2.24, 2.45) is 0 Å². The molecule has 1 aliphatic heterocycles. The van der Waals surface area contributed by atoms with Crippen LogP contribution < -0.4 is 20.3 Å². The summed E-state index contributed by atoms with van der Waals surface area (Å²) >= 11 is 3.13. The predicted octanol–water partition coefficient (Wildman–Crippen LogP) is 8.51. The molecule has 8 nitrogen and oxygen atoms in total. The Balaban J connectivity index is 1.20. The molecule has 6 rings (SSSR count). The number of para-hydroxylation sites is 2. The number of nitrogens with one attached hydrogen (secondary N) is 2. The third kappa shape index (κ3) is 7.66. The van der Waals surface area contributed by atoms with E-state index in [4.69, 9.17) is 4.74 Å². The minimum Gasteiger partial charge on any atom is -0.508 e. The number of phenolic OH excluding ortho intramolecular Hbond substituents is 1.